The second-order valence-corrected chi connectivity index (χ2v) is 7.16. The molecule has 1 aromatic carbocycles. The Hall–Kier alpha value is -1.94. The molecule has 0 spiro atoms. The highest BCUT2D eigenvalue weighted by Crippen LogP contribution is 2.37. The van der Waals surface area contributed by atoms with Crippen LogP contribution in [-0.2, 0) is 10.1 Å². The van der Waals surface area contributed by atoms with Gasteiger partial charge in [-0.15, -0.1) is 0 Å². The van der Waals surface area contributed by atoms with Gasteiger partial charge < -0.3 is 0 Å². The van der Waals surface area contributed by atoms with Gasteiger partial charge in [-0.05, 0) is 18.9 Å². The van der Waals surface area contributed by atoms with Crippen LogP contribution in [0.25, 0.3) is 0 Å². The molecule has 0 bridgehead atoms. The zero-order valence-electron chi connectivity index (χ0n) is 12.3. The van der Waals surface area contributed by atoms with Crippen LogP contribution in [-0.4, -0.2) is 29.7 Å². The predicted octanol–water partition coefficient (Wildman–Crippen LogP) is 2.83. The van der Waals surface area contributed by atoms with Crippen molar-refractivity contribution < 1.29 is 31.1 Å². The molecule has 0 aromatic heterocycles. The number of nitrogens with zero attached hydrogens (tertiary/aromatic N) is 1. The average Bonchev–Trinajstić information content (AvgIpc) is 2.48. The number of hydrogen-bond acceptors (Lipinski definition) is 4. The van der Waals surface area contributed by atoms with Crippen molar-refractivity contribution >= 4 is 10.1 Å². The van der Waals surface area contributed by atoms with Gasteiger partial charge >= 0.3 is 0 Å². The summed E-state index contributed by atoms with van der Waals surface area (Å²) in [5.74, 6) is -5.32. The molecule has 2 unspecified atom stereocenters. The van der Waals surface area contributed by atoms with E-state index >= 15 is 0 Å². The Kier molecular flexibility index (Phi) is 5.29. The molecule has 1 aromatic rings. The lowest BCUT2D eigenvalue weighted by molar-refractivity contribution is -0.527. The fraction of sp³-hybridized carbons (Fsp3) is 0.429. The SMILES string of the molecule is O=[N+]([O-])C1CC(CCS(=O)(=O)O)=CCC1c1cc(F)c(F)cc1F. The van der Waals surface area contributed by atoms with Gasteiger partial charge in [0, 0.05) is 23.0 Å². The highest BCUT2D eigenvalue weighted by atomic mass is 32.2. The van der Waals surface area contributed by atoms with Crippen LogP contribution >= 0.6 is 0 Å². The Morgan fingerprint density at radius 2 is 1.83 bits per heavy atom. The number of hydrogen-bond donors (Lipinski definition) is 1. The molecule has 1 aliphatic rings. The van der Waals surface area contributed by atoms with E-state index in [0.717, 1.165) is 0 Å². The van der Waals surface area contributed by atoms with Crippen molar-refractivity contribution in [1.29, 1.82) is 0 Å². The third-order valence-corrected chi connectivity index (χ3v) is 4.71. The summed E-state index contributed by atoms with van der Waals surface area (Å²) in [5, 5.41) is 11.3. The van der Waals surface area contributed by atoms with Gasteiger partial charge in [0.25, 0.3) is 10.1 Å². The van der Waals surface area contributed by atoms with Crippen molar-refractivity contribution in [2.45, 2.75) is 31.2 Å². The van der Waals surface area contributed by atoms with Gasteiger partial charge in [-0.25, -0.2) is 13.2 Å². The number of rotatable bonds is 5. The van der Waals surface area contributed by atoms with Crippen LogP contribution in [0.3, 0.4) is 0 Å². The fourth-order valence-corrected chi connectivity index (χ4v) is 3.31. The minimum Gasteiger partial charge on any atom is -0.286 e. The first kappa shape index (κ1) is 18.4. The van der Waals surface area contributed by atoms with Crippen LogP contribution in [0.5, 0.6) is 0 Å². The Balaban J connectivity index is 2.29. The minimum atomic E-state index is -4.21. The van der Waals surface area contributed by atoms with E-state index in [1.807, 2.05) is 0 Å². The monoisotopic (exact) mass is 365 g/mol. The molecule has 0 aliphatic heterocycles. The van der Waals surface area contributed by atoms with E-state index < -0.39 is 50.2 Å². The molecule has 0 saturated carbocycles. The van der Waals surface area contributed by atoms with E-state index in [9.17, 15) is 31.7 Å². The van der Waals surface area contributed by atoms with Gasteiger partial charge in [-0.2, -0.15) is 8.42 Å². The van der Waals surface area contributed by atoms with Crippen molar-refractivity contribution in [3.8, 4) is 0 Å². The second-order valence-electron chi connectivity index (χ2n) is 5.59. The van der Waals surface area contributed by atoms with Gasteiger partial charge in [0.2, 0.25) is 6.04 Å². The van der Waals surface area contributed by atoms with E-state index in [0.29, 0.717) is 17.7 Å². The summed E-state index contributed by atoms with van der Waals surface area (Å²) in [4.78, 5) is 10.6. The molecule has 1 aliphatic carbocycles. The predicted molar refractivity (Wildman–Crippen MR) is 78.2 cm³/mol. The van der Waals surface area contributed by atoms with Gasteiger partial charge in [0.05, 0.1) is 11.7 Å². The zero-order valence-corrected chi connectivity index (χ0v) is 13.1. The Bertz CT molecular complexity index is 794. The van der Waals surface area contributed by atoms with Crippen LogP contribution in [0, 0.1) is 27.6 Å². The maximum Gasteiger partial charge on any atom is 0.265 e. The van der Waals surface area contributed by atoms with Gasteiger partial charge in [0.15, 0.2) is 11.6 Å². The standard InChI is InChI=1S/C14H14F3NO5S/c15-11-7-13(17)12(16)6-10(11)9-2-1-8(3-4-24(21,22)23)5-14(9)18(19)20/h1,6-7,9,14H,2-5H2,(H,21,22,23). The third-order valence-electron chi connectivity index (χ3n) is 3.99. The van der Waals surface area contributed by atoms with Gasteiger partial charge in [-0.3, -0.25) is 14.7 Å². The van der Waals surface area contributed by atoms with Crippen LogP contribution in [0.1, 0.15) is 30.7 Å². The first-order valence-corrected chi connectivity index (χ1v) is 8.60. The molecule has 24 heavy (non-hydrogen) atoms. The molecule has 1 N–H and O–H groups in total. The summed E-state index contributed by atoms with van der Waals surface area (Å²) in [6.07, 6.45) is 1.24. The maximum atomic E-state index is 13.9. The largest absolute Gasteiger partial charge is 0.286 e. The third kappa shape index (κ3) is 4.32. The fourth-order valence-electron chi connectivity index (χ4n) is 2.79. The van der Waals surface area contributed by atoms with E-state index in [4.69, 9.17) is 4.55 Å². The van der Waals surface area contributed by atoms with Crippen molar-refractivity contribution in [3.63, 3.8) is 0 Å². The maximum absolute atomic E-state index is 13.9. The first-order valence-electron chi connectivity index (χ1n) is 6.99. The van der Waals surface area contributed by atoms with Crippen molar-refractivity contribution in [2.75, 3.05) is 5.75 Å². The Morgan fingerprint density at radius 1 is 1.21 bits per heavy atom. The molecule has 0 amide bonds. The normalized spacial score (nSPS) is 21.4. The molecule has 132 valence electrons. The van der Waals surface area contributed by atoms with Crippen molar-refractivity contribution in [3.05, 3.63) is 56.9 Å². The smallest absolute Gasteiger partial charge is 0.265 e. The number of halogens is 3. The van der Waals surface area contributed by atoms with Crippen molar-refractivity contribution in [1.82, 2.24) is 0 Å². The number of nitro groups is 1. The molecule has 0 saturated heterocycles. The topological polar surface area (TPSA) is 97.5 Å². The molecule has 2 rings (SSSR count). The first-order chi connectivity index (χ1) is 11.1. The summed E-state index contributed by atoms with van der Waals surface area (Å²) >= 11 is 0. The molecule has 0 radical (unpaired) electrons. The van der Waals surface area contributed by atoms with Crippen LogP contribution in [0.2, 0.25) is 0 Å². The van der Waals surface area contributed by atoms with Gasteiger partial charge in [-0.1, -0.05) is 11.6 Å². The molecular weight excluding hydrogens is 351 g/mol. The lowest BCUT2D eigenvalue weighted by Gasteiger charge is -2.26. The second kappa shape index (κ2) is 6.89. The van der Waals surface area contributed by atoms with Crippen LogP contribution in [0.15, 0.2) is 23.8 Å². The molecule has 6 nitrogen and oxygen atoms in total. The average molecular weight is 365 g/mol. The lowest BCUT2D eigenvalue weighted by Crippen LogP contribution is -2.31. The quantitative estimate of drug-likeness (QED) is 0.284. The Morgan fingerprint density at radius 3 is 2.42 bits per heavy atom. The van der Waals surface area contributed by atoms with Gasteiger partial charge in [0.1, 0.15) is 5.82 Å². The highest BCUT2D eigenvalue weighted by molar-refractivity contribution is 7.85. The molecule has 10 heteroatoms. The van der Waals surface area contributed by atoms with E-state index in [-0.39, 0.29) is 24.8 Å². The van der Waals surface area contributed by atoms with E-state index in [1.54, 1.807) is 0 Å². The molecule has 0 heterocycles. The lowest BCUT2D eigenvalue weighted by atomic mass is 9.80. The van der Waals surface area contributed by atoms with Crippen LogP contribution < -0.4 is 0 Å². The van der Waals surface area contributed by atoms with Crippen molar-refractivity contribution in [2.24, 2.45) is 0 Å². The highest BCUT2D eigenvalue weighted by Gasteiger charge is 2.37. The molecule has 2 atom stereocenters. The summed E-state index contributed by atoms with van der Waals surface area (Å²) in [7, 11) is -4.21. The summed E-state index contributed by atoms with van der Waals surface area (Å²) in [6.45, 7) is 0. The zero-order chi connectivity index (χ0) is 18.1. The number of benzene rings is 1. The van der Waals surface area contributed by atoms with E-state index in [2.05, 4.69) is 0 Å². The summed E-state index contributed by atoms with van der Waals surface area (Å²) in [6, 6.07) is -0.340. The molecule has 0 fully saturated rings. The minimum absolute atomic E-state index is 0.0194. The van der Waals surface area contributed by atoms with Crippen LogP contribution in [0.4, 0.5) is 13.2 Å². The molecular formula is C14H14F3NO5S. The number of allylic oxidation sites excluding steroid dienone is 1. The summed E-state index contributed by atoms with van der Waals surface area (Å²) in [5.41, 5.74) is 0.147. The Labute approximate surface area is 135 Å². The summed E-state index contributed by atoms with van der Waals surface area (Å²) < 4.78 is 70.5. The van der Waals surface area contributed by atoms with E-state index in [1.165, 1.54) is 6.08 Å².